The molecule has 1 aliphatic rings. The summed E-state index contributed by atoms with van der Waals surface area (Å²) in [5.41, 5.74) is 0.819. The van der Waals surface area contributed by atoms with Crippen molar-refractivity contribution in [2.75, 3.05) is 32.5 Å². The van der Waals surface area contributed by atoms with Crippen LogP contribution in [0.4, 0.5) is 10.5 Å². The summed E-state index contributed by atoms with van der Waals surface area (Å²) in [7, 11) is 4.00. The molecule has 19 heavy (non-hydrogen) atoms. The maximum Gasteiger partial charge on any atom is 0.321 e. The van der Waals surface area contributed by atoms with Gasteiger partial charge in [0.15, 0.2) is 0 Å². The first-order chi connectivity index (χ1) is 9.06. The molecule has 5 heteroatoms. The van der Waals surface area contributed by atoms with Gasteiger partial charge in [0.25, 0.3) is 0 Å². The monoisotopic (exact) mass is 325 g/mol. The van der Waals surface area contributed by atoms with E-state index >= 15 is 0 Å². The maximum absolute atomic E-state index is 12.2. The number of nitrogens with one attached hydrogen (secondary N) is 1. The Balaban J connectivity index is 1.92. The highest BCUT2D eigenvalue weighted by molar-refractivity contribution is 9.10. The molecule has 0 bridgehead atoms. The largest absolute Gasteiger partial charge is 0.325 e. The Hall–Kier alpha value is -1.07. The van der Waals surface area contributed by atoms with E-state index < -0.39 is 0 Å². The van der Waals surface area contributed by atoms with Crippen LogP contribution in [-0.4, -0.2) is 49.1 Å². The van der Waals surface area contributed by atoms with E-state index in [1.54, 1.807) is 0 Å². The van der Waals surface area contributed by atoms with Crippen LogP contribution in [-0.2, 0) is 0 Å². The number of halogens is 1. The van der Waals surface area contributed by atoms with Crippen LogP contribution in [0, 0.1) is 0 Å². The molecule has 0 aromatic heterocycles. The lowest BCUT2D eigenvalue weighted by molar-refractivity contribution is 0.156. The quantitative estimate of drug-likeness (QED) is 0.907. The minimum absolute atomic E-state index is 0.0346. The molecule has 0 unspecified atom stereocenters. The van der Waals surface area contributed by atoms with Crippen molar-refractivity contribution in [2.24, 2.45) is 0 Å². The Morgan fingerprint density at radius 3 is 2.74 bits per heavy atom. The summed E-state index contributed by atoms with van der Waals surface area (Å²) in [6, 6.07) is 7.95. The highest BCUT2D eigenvalue weighted by atomic mass is 79.9. The standard InChI is InChI=1S/C14H20BrN3O/c1-17-8-6-13(7-9-17)18(2)14(19)16-12-5-3-4-11(15)10-12/h3-5,10,13H,6-9H2,1-2H3,(H,16,19). The van der Waals surface area contributed by atoms with Crippen LogP contribution in [0.2, 0.25) is 0 Å². The molecular formula is C14H20BrN3O. The van der Waals surface area contributed by atoms with Crippen LogP contribution in [0.3, 0.4) is 0 Å². The van der Waals surface area contributed by atoms with Crippen molar-refractivity contribution >= 4 is 27.6 Å². The van der Waals surface area contributed by atoms with Crippen LogP contribution in [0.15, 0.2) is 28.7 Å². The van der Waals surface area contributed by atoms with Gasteiger partial charge in [0.1, 0.15) is 0 Å². The average molecular weight is 326 g/mol. The van der Waals surface area contributed by atoms with Crippen LogP contribution in [0.25, 0.3) is 0 Å². The van der Waals surface area contributed by atoms with Gasteiger partial charge in [0, 0.05) is 23.2 Å². The van der Waals surface area contributed by atoms with Gasteiger partial charge in [-0.2, -0.15) is 0 Å². The fraction of sp³-hybridized carbons (Fsp3) is 0.500. The van der Waals surface area contributed by atoms with Crippen LogP contribution in [0.5, 0.6) is 0 Å². The molecule has 1 aromatic carbocycles. The number of urea groups is 1. The summed E-state index contributed by atoms with van der Waals surface area (Å²) in [5.74, 6) is 0. The molecule has 1 aromatic rings. The Morgan fingerprint density at radius 2 is 2.11 bits per heavy atom. The zero-order valence-corrected chi connectivity index (χ0v) is 13.0. The Morgan fingerprint density at radius 1 is 1.42 bits per heavy atom. The molecule has 0 aliphatic carbocycles. The fourth-order valence-electron chi connectivity index (χ4n) is 2.33. The molecule has 1 saturated heterocycles. The third-order valence-corrected chi connectivity index (χ3v) is 4.13. The van der Waals surface area contributed by atoms with E-state index in [0.29, 0.717) is 6.04 Å². The number of rotatable bonds is 2. The first-order valence-corrected chi connectivity index (χ1v) is 7.33. The summed E-state index contributed by atoms with van der Waals surface area (Å²) >= 11 is 3.40. The van der Waals surface area contributed by atoms with E-state index in [-0.39, 0.29) is 6.03 Å². The van der Waals surface area contributed by atoms with Crippen molar-refractivity contribution < 1.29 is 4.79 Å². The maximum atomic E-state index is 12.2. The van der Waals surface area contributed by atoms with Crippen LogP contribution < -0.4 is 5.32 Å². The summed E-state index contributed by atoms with van der Waals surface area (Å²) in [4.78, 5) is 16.3. The first kappa shape index (κ1) is 14.3. The number of carbonyl (C=O) groups is 1. The number of benzene rings is 1. The number of amides is 2. The molecule has 2 rings (SSSR count). The number of nitrogens with zero attached hydrogens (tertiary/aromatic N) is 2. The summed E-state index contributed by atoms with van der Waals surface area (Å²) in [6.07, 6.45) is 2.08. The molecule has 0 radical (unpaired) electrons. The highest BCUT2D eigenvalue weighted by Crippen LogP contribution is 2.18. The minimum atomic E-state index is -0.0346. The van der Waals surface area contributed by atoms with Crippen molar-refractivity contribution in [1.29, 1.82) is 0 Å². The Kier molecular flexibility index (Phi) is 4.82. The van der Waals surface area contributed by atoms with Gasteiger partial charge in [-0.05, 0) is 51.2 Å². The first-order valence-electron chi connectivity index (χ1n) is 6.54. The van der Waals surface area contributed by atoms with E-state index in [1.807, 2.05) is 36.2 Å². The molecule has 104 valence electrons. The van der Waals surface area contributed by atoms with Gasteiger partial charge < -0.3 is 15.1 Å². The van der Waals surface area contributed by atoms with E-state index in [0.717, 1.165) is 36.1 Å². The van der Waals surface area contributed by atoms with Gasteiger partial charge in [-0.15, -0.1) is 0 Å². The zero-order chi connectivity index (χ0) is 13.8. The van der Waals surface area contributed by atoms with Crippen LogP contribution in [0.1, 0.15) is 12.8 Å². The molecule has 1 aliphatic heterocycles. The van der Waals surface area contributed by atoms with Gasteiger partial charge in [-0.1, -0.05) is 22.0 Å². The molecule has 1 heterocycles. The average Bonchev–Trinajstić information content (AvgIpc) is 2.39. The highest BCUT2D eigenvalue weighted by Gasteiger charge is 2.23. The lowest BCUT2D eigenvalue weighted by Crippen LogP contribution is -2.46. The second-order valence-corrected chi connectivity index (χ2v) is 6.00. The van der Waals surface area contributed by atoms with Crippen molar-refractivity contribution in [2.45, 2.75) is 18.9 Å². The van der Waals surface area contributed by atoms with Crippen molar-refractivity contribution in [3.8, 4) is 0 Å². The van der Waals surface area contributed by atoms with Crippen molar-refractivity contribution in [1.82, 2.24) is 9.80 Å². The van der Waals surface area contributed by atoms with E-state index in [9.17, 15) is 4.79 Å². The fourth-order valence-corrected chi connectivity index (χ4v) is 2.73. The minimum Gasteiger partial charge on any atom is -0.325 e. The van der Waals surface area contributed by atoms with Crippen LogP contribution >= 0.6 is 15.9 Å². The number of hydrogen-bond acceptors (Lipinski definition) is 2. The van der Waals surface area contributed by atoms with Crippen molar-refractivity contribution in [3.63, 3.8) is 0 Å². The molecule has 1 fully saturated rings. The number of hydrogen-bond donors (Lipinski definition) is 1. The summed E-state index contributed by atoms with van der Waals surface area (Å²) in [5, 5.41) is 2.93. The second-order valence-electron chi connectivity index (χ2n) is 5.09. The number of carbonyl (C=O) groups excluding carboxylic acids is 1. The summed E-state index contributed by atoms with van der Waals surface area (Å²) in [6.45, 7) is 2.11. The van der Waals surface area contributed by atoms with Gasteiger partial charge in [0.2, 0.25) is 0 Å². The van der Waals surface area contributed by atoms with Gasteiger partial charge in [0.05, 0.1) is 0 Å². The van der Waals surface area contributed by atoms with E-state index in [4.69, 9.17) is 0 Å². The number of piperidine rings is 1. The van der Waals surface area contributed by atoms with Crippen molar-refractivity contribution in [3.05, 3.63) is 28.7 Å². The molecule has 0 atom stereocenters. The molecular weight excluding hydrogens is 306 g/mol. The predicted octanol–water partition coefficient (Wildman–Crippen LogP) is 3.01. The summed E-state index contributed by atoms with van der Waals surface area (Å²) < 4.78 is 0.965. The molecule has 0 spiro atoms. The van der Waals surface area contributed by atoms with Gasteiger partial charge in [-0.3, -0.25) is 0 Å². The SMILES string of the molecule is CN1CCC(N(C)C(=O)Nc2cccc(Br)c2)CC1. The smallest absolute Gasteiger partial charge is 0.321 e. The predicted molar refractivity (Wildman–Crippen MR) is 81.4 cm³/mol. The zero-order valence-electron chi connectivity index (χ0n) is 11.4. The molecule has 1 N–H and O–H groups in total. The van der Waals surface area contributed by atoms with E-state index in [1.165, 1.54) is 0 Å². The third-order valence-electron chi connectivity index (χ3n) is 3.63. The third kappa shape index (κ3) is 3.94. The lowest BCUT2D eigenvalue weighted by Gasteiger charge is -2.35. The number of likely N-dealkylation sites (tertiary alicyclic amines) is 1. The molecule has 4 nitrogen and oxygen atoms in total. The molecule has 2 amide bonds. The van der Waals surface area contributed by atoms with Gasteiger partial charge in [-0.25, -0.2) is 4.79 Å². The molecule has 0 saturated carbocycles. The second kappa shape index (κ2) is 6.39. The lowest BCUT2D eigenvalue weighted by atomic mass is 10.0. The normalized spacial score (nSPS) is 17.2. The Bertz CT molecular complexity index is 444. The Labute approximate surface area is 122 Å². The number of anilines is 1. The van der Waals surface area contributed by atoms with Gasteiger partial charge >= 0.3 is 6.03 Å². The topological polar surface area (TPSA) is 35.6 Å². The van der Waals surface area contributed by atoms with E-state index in [2.05, 4.69) is 33.2 Å².